The van der Waals surface area contributed by atoms with Crippen LogP contribution in [0, 0.1) is 0 Å². The molecule has 0 radical (unpaired) electrons. The summed E-state index contributed by atoms with van der Waals surface area (Å²) in [5, 5.41) is 3.32. The first-order valence-corrected chi connectivity index (χ1v) is 17.5. The summed E-state index contributed by atoms with van der Waals surface area (Å²) in [6.07, 6.45) is 2.16. The van der Waals surface area contributed by atoms with E-state index in [1.54, 1.807) is 6.20 Å². The Balaban J connectivity index is 1.11. The Morgan fingerprint density at radius 3 is 1.90 bits per heavy atom. The van der Waals surface area contributed by atoms with Crippen molar-refractivity contribution in [2.45, 2.75) is 44.1 Å². The van der Waals surface area contributed by atoms with Crippen LogP contribution in [-0.2, 0) is 21.6 Å². The molecule has 4 aromatic carbocycles. The highest BCUT2D eigenvalue weighted by molar-refractivity contribution is 8.15. The lowest BCUT2D eigenvalue weighted by Crippen LogP contribution is -2.51. The minimum Gasteiger partial charge on any atom is -0.490 e. The second kappa shape index (κ2) is 15.9. The van der Waals surface area contributed by atoms with Crippen LogP contribution in [0.4, 0.5) is 4.79 Å². The molecule has 0 N–H and O–H groups in total. The smallest absolute Gasteiger partial charge is 0.290 e. The van der Waals surface area contributed by atoms with E-state index < -0.39 is 10.8 Å². The second-order valence-electron chi connectivity index (χ2n) is 12.1. The Labute approximate surface area is 297 Å². The zero-order valence-corrected chi connectivity index (χ0v) is 29.1. The van der Waals surface area contributed by atoms with Gasteiger partial charge in [-0.3, -0.25) is 14.5 Å². The maximum absolute atomic E-state index is 14.4. The van der Waals surface area contributed by atoms with Crippen molar-refractivity contribution in [2.24, 2.45) is 5.16 Å². The molecule has 1 aromatic heterocycles. The molecule has 254 valence electrons. The van der Waals surface area contributed by atoms with Crippen molar-refractivity contribution in [1.29, 1.82) is 0 Å². The number of hydrogen-bond donors (Lipinski definition) is 0. The van der Waals surface area contributed by atoms with Gasteiger partial charge >= 0.3 is 0 Å². The molecular formula is C41H39N3O5S. The molecule has 5 aromatic rings. The molecule has 1 aliphatic heterocycles. The maximum atomic E-state index is 14.4. The van der Waals surface area contributed by atoms with E-state index in [9.17, 15) is 9.59 Å². The zero-order chi connectivity index (χ0) is 34.9. The van der Waals surface area contributed by atoms with Gasteiger partial charge in [0.15, 0.2) is 6.61 Å². The molecule has 1 fully saturated rings. The van der Waals surface area contributed by atoms with Gasteiger partial charge in [-0.25, -0.2) is 4.98 Å². The van der Waals surface area contributed by atoms with E-state index in [-0.39, 0.29) is 23.9 Å². The molecule has 6 rings (SSSR count). The summed E-state index contributed by atoms with van der Waals surface area (Å²) in [4.78, 5) is 39.6. The van der Waals surface area contributed by atoms with E-state index in [4.69, 9.17) is 14.3 Å². The number of aromatic nitrogens is 1. The lowest BCUT2D eigenvalue weighted by molar-refractivity contribution is -0.129. The van der Waals surface area contributed by atoms with Gasteiger partial charge in [-0.2, -0.15) is 0 Å². The van der Waals surface area contributed by atoms with Crippen molar-refractivity contribution >= 4 is 28.6 Å². The Morgan fingerprint density at radius 1 is 0.800 bits per heavy atom. The Bertz CT molecular complexity index is 1810. The van der Waals surface area contributed by atoms with Gasteiger partial charge in [0.2, 0.25) is 11.8 Å². The number of nitrogens with zero attached hydrogens (tertiary/aromatic N) is 3. The summed E-state index contributed by atoms with van der Waals surface area (Å²) < 4.78 is 11.4. The van der Waals surface area contributed by atoms with E-state index in [0.29, 0.717) is 30.4 Å². The molecule has 2 heterocycles. The molecule has 1 saturated heterocycles. The number of pyridine rings is 1. The van der Waals surface area contributed by atoms with Gasteiger partial charge in [0.25, 0.3) is 5.24 Å². The molecule has 50 heavy (non-hydrogen) atoms. The number of oxime groups is 1. The van der Waals surface area contributed by atoms with Crippen molar-refractivity contribution in [2.75, 3.05) is 13.2 Å². The lowest BCUT2D eigenvalue weighted by Gasteiger charge is -2.42. The topological polar surface area (TPSA) is 90.3 Å². The molecule has 0 bridgehead atoms. The van der Waals surface area contributed by atoms with E-state index >= 15 is 0 Å². The van der Waals surface area contributed by atoms with Gasteiger partial charge in [-0.05, 0) is 67.6 Å². The van der Waals surface area contributed by atoms with Crippen molar-refractivity contribution in [1.82, 2.24) is 9.88 Å². The van der Waals surface area contributed by atoms with Crippen molar-refractivity contribution in [3.63, 3.8) is 0 Å². The van der Waals surface area contributed by atoms with Gasteiger partial charge in [0, 0.05) is 17.8 Å². The third-order valence-electron chi connectivity index (χ3n) is 8.33. The Kier molecular flexibility index (Phi) is 10.9. The largest absolute Gasteiger partial charge is 0.490 e. The molecule has 9 heteroatoms. The van der Waals surface area contributed by atoms with Crippen LogP contribution >= 0.6 is 11.8 Å². The predicted molar refractivity (Wildman–Crippen MR) is 197 cm³/mol. The summed E-state index contributed by atoms with van der Waals surface area (Å²) in [5.41, 5.74) is 3.86. The number of rotatable bonds is 14. The number of imide groups is 1. The van der Waals surface area contributed by atoms with Crippen LogP contribution in [-0.4, -0.2) is 51.3 Å². The highest BCUT2D eigenvalue weighted by atomic mass is 32.2. The van der Waals surface area contributed by atoms with Gasteiger partial charge < -0.3 is 14.3 Å². The van der Waals surface area contributed by atoms with E-state index in [2.05, 4.69) is 10.1 Å². The van der Waals surface area contributed by atoms with Crippen LogP contribution in [0.25, 0.3) is 0 Å². The molecule has 0 saturated carbocycles. The minimum absolute atomic E-state index is 0.0568. The molecule has 0 aliphatic carbocycles. The first kappa shape index (κ1) is 34.5. The van der Waals surface area contributed by atoms with Crippen molar-refractivity contribution < 1.29 is 23.9 Å². The summed E-state index contributed by atoms with van der Waals surface area (Å²) in [5.74, 6) is 1.01. The van der Waals surface area contributed by atoms with Crippen LogP contribution in [0.1, 0.15) is 48.6 Å². The number of carbonyl (C=O) groups excluding carboxylic acids is 2. The van der Waals surface area contributed by atoms with Crippen LogP contribution in [0.2, 0.25) is 0 Å². The monoisotopic (exact) mass is 685 g/mol. The van der Waals surface area contributed by atoms with Crippen LogP contribution in [0.3, 0.4) is 0 Å². The van der Waals surface area contributed by atoms with Gasteiger partial charge in [-0.1, -0.05) is 120 Å². The quantitative estimate of drug-likeness (QED) is 0.0503. The molecule has 1 aliphatic rings. The normalized spacial score (nSPS) is 15.0. The summed E-state index contributed by atoms with van der Waals surface area (Å²) in [7, 11) is 0. The van der Waals surface area contributed by atoms with Gasteiger partial charge in [0.05, 0.1) is 17.1 Å². The highest BCUT2D eigenvalue weighted by Crippen LogP contribution is 2.47. The van der Waals surface area contributed by atoms with E-state index in [1.807, 2.05) is 148 Å². The average Bonchev–Trinajstić information content (AvgIpc) is 3.42. The molecule has 1 atom stereocenters. The SMILES string of the molecule is CC(=NOCCOc1ccc(CC2SC(=O)N(C(c3ccccc3)(c3ccccc3)c3ccccc3)C2=O)cc1)c1ccc(OC(C)C)nc1. The molecule has 0 spiro atoms. The highest BCUT2D eigenvalue weighted by Gasteiger charge is 2.53. The fraction of sp³-hybridized carbons (Fsp3) is 0.220. The summed E-state index contributed by atoms with van der Waals surface area (Å²) >= 11 is 1.08. The molecule has 8 nitrogen and oxygen atoms in total. The fourth-order valence-electron chi connectivity index (χ4n) is 6.05. The second-order valence-corrected chi connectivity index (χ2v) is 13.3. The zero-order valence-electron chi connectivity index (χ0n) is 28.3. The van der Waals surface area contributed by atoms with E-state index in [1.165, 1.54) is 4.90 Å². The number of benzene rings is 4. The number of hydrogen-bond acceptors (Lipinski definition) is 8. The Morgan fingerprint density at radius 2 is 1.38 bits per heavy atom. The van der Waals surface area contributed by atoms with E-state index in [0.717, 1.165) is 39.6 Å². The maximum Gasteiger partial charge on any atom is 0.290 e. The first-order valence-electron chi connectivity index (χ1n) is 16.6. The molecule has 1 unspecified atom stereocenters. The number of carbonyl (C=O) groups is 2. The minimum atomic E-state index is -1.13. The third kappa shape index (κ3) is 7.58. The van der Waals surface area contributed by atoms with Crippen LogP contribution in [0.15, 0.2) is 139 Å². The third-order valence-corrected chi connectivity index (χ3v) is 9.37. The van der Waals surface area contributed by atoms with Crippen LogP contribution < -0.4 is 9.47 Å². The lowest BCUT2D eigenvalue weighted by atomic mass is 9.75. The number of ether oxygens (including phenoxy) is 2. The van der Waals surface area contributed by atoms with Gasteiger partial charge in [-0.15, -0.1) is 0 Å². The fourth-order valence-corrected chi connectivity index (χ4v) is 7.11. The van der Waals surface area contributed by atoms with Crippen molar-refractivity contribution in [3.8, 4) is 11.6 Å². The van der Waals surface area contributed by atoms with Crippen LogP contribution in [0.5, 0.6) is 11.6 Å². The molecular weight excluding hydrogens is 647 g/mol. The number of amides is 2. The standard InChI is InChI=1S/C41H39N3O5S/c1-29(2)49-38-24-21-32(28-42-38)30(3)43-48-26-25-47-36-22-19-31(20-23-36)27-37-39(45)44(40(46)50-37)41(33-13-7-4-8-14-33,34-15-9-5-10-16-34)35-17-11-6-12-18-35/h4-24,28-29,37H,25-27H2,1-3H3. The molecule has 2 amide bonds. The summed E-state index contributed by atoms with van der Waals surface area (Å²) in [6, 6.07) is 40.6. The van der Waals surface area contributed by atoms with Crippen molar-refractivity contribution in [3.05, 3.63) is 161 Å². The Hall–Kier alpha value is -5.41. The first-order chi connectivity index (χ1) is 24.4. The predicted octanol–water partition coefficient (Wildman–Crippen LogP) is 8.29. The number of thioether (sulfide) groups is 1. The average molecular weight is 686 g/mol. The summed E-state index contributed by atoms with van der Waals surface area (Å²) in [6.45, 7) is 6.32. The van der Waals surface area contributed by atoms with Gasteiger partial charge in [0.1, 0.15) is 17.9 Å².